The van der Waals surface area contributed by atoms with E-state index in [0.29, 0.717) is 16.9 Å². The minimum atomic E-state index is -2.03. The molecule has 2 unspecified atom stereocenters. The topological polar surface area (TPSA) is 118 Å². The maximum absolute atomic E-state index is 12.8. The van der Waals surface area contributed by atoms with Crippen LogP contribution in [0.2, 0.25) is 18.1 Å². The Labute approximate surface area is 165 Å². The van der Waals surface area contributed by atoms with Gasteiger partial charge >= 0.3 is 6.09 Å². The zero-order valence-corrected chi connectivity index (χ0v) is 18.4. The molecule has 2 aromatic rings. The van der Waals surface area contributed by atoms with E-state index in [-0.39, 0.29) is 17.0 Å². The van der Waals surface area contributed by atoms with E-state index in [1.807, 2.05) is 6.92 Å². The second-order valence-electron chi connectivity index (χ2n) is 8.28. The number of anilines is 1. The lowest BCUT2D eigenvalue weighted by Gasteiger charge is -2.40. The fraction of sp³-hybridized carbons (Fsp3) is 0.556. The molecule has 2 atom stereocenters. The fourth-order valence-corrected chi connectivity index (χ4v) is 4.05. The van der Waals surface area contributed by atoms with E-state index < -0.39 is 20.5 Å². The van der Waals surface area contributed by atoms with Gasteiger partial charge in [-0.15, -0.1) is 0 Å². The van der Waals surface area contributed by atoms with Gasteiger partial charge in [0.05, 0.1) is 17.8 Å². The van der Waals surface area contributed by atoms with Crippen LogP contribution in [0, 0.1) is 0 Å². The van der Waals surface area contributed by atoms with Crippen molar-refractivity contribution >= 4 is 37.2 Å². The summed E-state index contributed by atoms with van der Waals surface area (Å²) in [6, 6.07) is 2.55. The Morgan fingerprint density at radius 3 is 2.46 bits per heavy atom. The summed E-state index contributed by atoms with van der Waals surface area (Å²) in [6.45, 7) is 12.6. The van der Waals surface area contributed by atoms with Crippen molar-refractivity contribution in [2.24, 2.45) is 0 Å². The first-order valence-corrected chi connectivity index (χ1v) is 12.0. The van der Waals surface area contributed by atoms with Crippen molar-refractivity contribution in [1.29, 1.82) is 0 Å². The minimum Gasteiger partial charge on any atom is -0.463 e. The smallest absolute Gasteiger partial charge is 0.432 e. The number of hydrogen-bond donors (Lipinski definition) is 3. The summed E-state index contributed by atoms with van der Waals surface area (Å²) in [5.41, 5.74) is 0.733. The van der Waals surface area contributed by atoms with E-state index in [1.165, 1.54) is 6.20 Å². The van der Waals surface area contributed by atoms with Gasteiger partial charge in [-0.1, -0.05) is 20.8 Å². The molecule has 2 heterocycles. The van der Waals surface area contributed by atoms with Crippen LogP contribution in [0.5, 0.6) is 0 Å². The number of likely N-dealkylation sites (N-methyl/N-ethyl adjacent to an activating group) is 1. The highest BCUT2D eigenvalue weighted by Gasteiger charge is 2.40. The quantitative estimate of drug-likeness (QED) is 0.630. The molecule has 2 rings (SSSR count). The lowest BCUT2D eigenvalue weighted by molar-refractivity contribution is -0.120. The molecule has 28 heavy (non-hydrogen) atoms. The van der Waals surface area contributed by atoms with Crippen molar-refractivity contribution in [2.75, 3.05) is 12.4 Å². The van der Waals surface area contributed by atoms with Crippen molar-refractivity contribution in [3.8, 4) is 0 Å². The molecule has 0 aliphatic carbocycles. The molecule has 154 valence electrons. The van der Waals surface area contributed by atoms with Crippen LogP contribution in [0.25, 0.3) is 11.0 Å². The van der Waals surface area contributed by atoms with E-state index in [4.69, 9.17) is 9.53 Å². The predicted octanol–water partition coefficient (Wildman–Crippen LogP) is 2.89. The second kappa shape index (κ2) is 7.98. The number of amides is 1. The zero-order valence-electron chi connectivity index (χ0n) is 17.4. The molecule has 1 amide bonds. The fourth-order valence-electron chi connectivity index (χ4n) is 2.63. The Balaban J connectivity index is 2.15. The number of rotatable bonds is 6. The summed E-state index contributed by atoms with van der Waals surface area (Å²) >= 11 is 0. The Morgan fingerprint density at radius 1 is 1.29 bits per heavy atom. The van der Waals surface area contributed by atoms with Crippen molar-refractivity contribution < 1.29 is 19.1 Å². The predicted molar refractivity (Wildman–Crippen MR) is 110 cm³/mol. The van der Waals surface area contributed by atoms with Gasteiger partial charge in [0.2, 0.25) is 5.91 Å². The van der Waals surface area contributed by atoms with Gasteiger partial charge in [-0.3, -0.25) is 4.79 Å². The molecule has 9 nitrogen and oxygen atoms in total. The van der Waals surface area contributed by atoms with Crippen molar-refractivity contribution in [2.45, 2.75) is 58.0 Å². The summed E-state index contributed by atoms with van der Waals surface area (Å²) in [5, 5.41) is 18.7. The van der Waals surface area contributed by atoms with Gasteiger partial charge in [-0.25, -0.2) is 9.78 Å². The Hall–Kier alpha value is -2.30. The molecule has 0 fully saturated rings. The monoisotopic (exact) mass is 407 g/mol. The van der Waals surface area contributed by atoms with Crippen LogP contribution in [0.15, 0.2) is 18.3 Å². The van der Waals surface area contributed by atoms with E-state index in [2.05, 4.69) is 54.6 Å². The van der Waals surface area contributed by atoms with Crippen LogP contribution >= 0.6 is 0 Å². The van der Waals surface area contributed by atoms with Crippen LogP contribution in [-0.4, -0.2) is 59.4 Å². The number of nitrogens with zero attached hydrogens (tertiary/aromatic N) is 3. The molecule has 0 saturated heterocycles. The number of carboxylic acid groups (broad SMARTS) is 1. The van der Waals surface area contributed by atoms with E-state index in [1.54, 1.807) is 19.2 Å². The van der Waals surface area contributed by atoms with Crippen LogP contribution in [0.1, 0.15) is 27.7 Å². The highest BCUT2D eigenvalue weighted by molar-refractivity contribution is 6.74. The summed E-state index contributed by atoms with van der Waals surface area (Å²) in [6.07, 6.45) is -0.178. The molecule has 10 heteroatoms. The first kappa shape index (κ1) is 22.0. The summed E-state index contributed by atoms with van der Waals surface area (Å²) in [7, 11) is -0.320. The molecule has 0 aliphatic heterocycles. The number of pyridine rings is 1. The van der Waals surface area contributed by atoms with Crippen LogP contribution in [-0.2, 0) is 9.22 Å². The minimum absolute atomic E-state index is 0.0346. The van der Waals surface area contributed by atoms with Crippen LogP contribution in [0.4, 0.5) is 10.6 Å². The summed E-state index contributed by atoms with van der Waals surface area (Å²) in [4.78, 5) is 28.2. The van der Waals surface area contributed by atoms with Gasteiger partial charge in [0.15, 0.2) is 8.32 Å². The van der Waals surface area contributed by atoms with Crippen molar-refractivity contribution in [3.05, 3.63) is 18.3 Å². The molecule has 0 aromatic carbocycles. The molecule has 0 bridgehead atoms. The number of fused-ring (bicyclic) bond motifs is 1. The number of hydrogen-bond acceptors (Lipinski definition) is 6. The molecule has 0 radical (unpaired) electrons. The lowest BCUT2D eigenvalue weighted by atomic mass is 10.1. The zero-order chi connectivity index (χ0) is 21.3. The van der Waals surface area contributed by atoms with Gasteiger partial charge in [0, 0.05) is 0 Å². The largest absolute Gasteiger partial charge is 0.463 e. The Morgan fingerprint density at radius 2 is 1.93 bits per heavy atom. The van der Waals surface area contributed by atoms with Gasteiger partial charge in [0.25, 0.3) is 0 Å². The molecule has 0 saturated carbocycles. The van der Waals surface area contributed by atoms with Gasteiger partial charge in [-0.05, 0) is 44.2 Å². The van der Waals surface area contributed by atoms with E-state index in [9.17, 15) is 9.59 Å². The first-order chi connectivity index (χ1) is 12.9. The van der Waals surface area contributed by atoms with E-state index >= 15 is 0 Å². The lowest BCUT2D eigenvalue weighted by Crippen LogP contribution is -2.53. The Kier molecular flexibility index (Phi) is 6.26. The maximum Gasteiger partial charge on any atom is 0.432 e. The SMILES string of the molecule is CNC(C(=O)Nc1ccc2c(cnn2C(=O)O)n1)C(C)O[Si](C)(C)C(C)(C)C. The Bertz CT molecular complexity index is 874. The number of carbonyl (C=O) groups is 2. The van der Waals surface area contributed by atoms with Crippen molar-refractivity contribution in [3.63, 3.8) is 0 Å². The third-order valence-electron chi connectivity index (χ3n) is 5.21. The average molecular weight is 408 g/mol. The molecule has 2 aromatic heterocycles. The van der Waals surface area contributed by atoms with Gasteiger partial charge in [-0.2, -0.15) is 9.78 Å². The second-order valence-corrected chi connectivity index (χ2v) is 13.0. The summed E-state index contributed by atoms with van der Waals surface area (Å²) < 4.78 is 7.16. The molecule has 0 aliphatic rings. The third-order valence-corrected chi connectivity index (χ3v) is 9.78. The molecular formula is C18H29N5O4Si. The van der Waals surface area contributed by atoms with Gasteiger partial charge < -0.3 is 20.2 Å². The number of nitrogens with one attached hydrogen (secondary N) is 2. The molecular weight excluding hydrogens is 378 g/mol. The highest BCUT2D eigenvalue weighted by atomic mass is 28.4. The van der Waals surface area contributed by atoms with E-state index in [0.717, 1.165) is 4.68 Å². The van der Waals surface area contributed by atoms with Crippen LogP contribution in [0.3, 0.4) is 0 Å². The normalized spacial score (nSPS) is 14.7. The number of carbonyl (C=O) groups excluding carboxylic acids is 1. The van der Waals surface area contributed by atoms with Gasteiger partial charge in [0.1, 0.15) is 17.4 Å². The third kappa shape index (κ3) is 4.57. The maximum atomic E-state index is 12.8. The average Bonchev–Trinajstić information content (AvgIpc) is 2.97. The highest BCUT2D eigenvalue weighted by Crippen LogP contribution is 2.37. The van der Waals surface area contributed by atoms with Crippen LogP contribution < -0.4 is 10.6 Å². The standard InChI is InChI=1S/C18H29N5O4Si/c1-11(27-28(6,7)18(2,3)4)15(19-5)16(24)22-14-9-8-13-12(21-14)10-20-23(13)17(25)26/h8-11,15,19H,1-7H3,(H,25,26)(H,21,22,24). The van der Waals surface area contributed by atoms with Crippen molar-refractivity contribution in [1.82, 2.24) is 20.1 Å². The summed E-state index contributed by atoms with van der Waals surface area (Å²) in [5.74, 6) is 0.0494. The first-order valence-electron chi connectivity index (χ1n) is 9.11. The molecule has 0 spiro atoms. The number of aromatic nitrogens is 3. The molecule has 3 N–H and O–H groups in total.